The molecule has 0 saturated carbocycles. The van der Waals surface area contributed by atoms with Crippen molar-refractivity contribution in [2.24, 2.45) is 0 Å². The van der Waals surface area contributed by atoms with E-state index >= 15 is 0 Å². The van der Waals surface area contributed by atoms with E-state index in [9.17, 15) is 13.2 Å². The number of rotatable bonds is 8. The summed E-state index contributed by atoms with van der Waals surface area (Å²) in [6.45, 7) is 6.12. The number of aryl methyl sites for hydroxylation is 2. The second-order valence-electron chi connectivity index (χ2n) is 6.93. The molecule has 6 heteroatoms. The second kappa shape index (κ2) is 9.04. The molecule has 27 heavy (non-hydrogen) atoms. The lowest BCUT2D eigenvalue weighted by atomic mass is 10.1. The van der Waals surface area contributed by atoms with Gasteiger partial charge in [0.15, 0.2) is 0 Å². The fourth-order valence-electron chi connectivity index (χ4n) is 2.94. The Morgan fingerprint density at radius 1 is 1.07 bits per heavy atom. The standard InChI is InChI=1S/C21H28N2O3S/c1-16-11-13-19(14-12-16)18(3)22-21(24)10-7-15-23(27(4,25)26)20-9-6-5-8-17(20)2/h5-6,8-9,11-14,18H,7,10,15H2,1-4H3,(H,22,24). The molecule has 0 heterocycles. The molecule has 0 aliphatic heterocycles. The molecule has 0 aliphatic rings. The molecule has 0 fully saturated rings. The van der Waals surface area contributed by atoms with Gasteiger partial charge in [0.2, 0.25) is 15.9 Å². The zero-order valence-corrected chi connectivity index (χ0v) is 17.2. The summed E-state index contributed by atoms with van der Waals surface area (Å²) >= 11 is 0. The van der Waals surface area contributed by atoms with Crippen LogP contribution in [0.3, 0.4) is 0 Å². The van der Waals surface area contributed by atoms with E-state index in [1.165, 1.54) is 16.1 Å². The molecule has 5 nitrogen and oxygen atoms in total. The number of carbonyl (C=O) groups is 1. The first kappa shape index (κ1) is 21.0. The van der Waals surface area contributed by atoms with Crippen molar-refractivity contribution in [1.82, 2.24) is 5.32 Å². The predicted molar refractivity (Wildman–Crippen MR) is 110 cm³/mol. The largest absolute Gasteiger partial charge is 0.350 e. The number of hydrogen-bond donors (Lipinski definition) is 1. The lowest BCUT2D eigenvalue weighted by molar-refractivity contribution is -0.121. The van der Waals surface area contributed by atoms with Crippen molar-refractivity contribution in [3.05, 3.63) is 65.2 Å². The smallest absolute Gasteiger partial charge is 0.232 e. The van der Waals surface area contributed by atoms with Crippen LogP contribution in [0.2, 0.25) is 0 Å². The Hall–Kier alpha value is -2.34. The van der Waals surface area contributed by atoms with E-state index in [2.05, 4.69) is 5.32 Å². The highest BCUT2D eigenvalue weighted by atomic mass is 32.2. The number of anilines is 1. The van der Waals surface area contributed by atoms with Gasteiger partial charge in [-0.25, -0.2) is 8.42 Å². The Labute approximate surface area is 162 Å². The SMILES string of the molecule is Cc1ccc(C(C)NC(=O)CCCN(c2ccccc2C)S(C)(=O)=O)cc1. The summed E-state index contributed by atoms with van der Waals surface area (Å²) in [6, 6.07) is 15.3. The topological polar surface area (TPSA) is 66.5 Å². The van der Waals surface area contributed by atoms with E-state index in [0.29, 0.717) is 12.1 Å². The van der Waals surface area contributed by atoms with Gasteiger partial charge >= 0.3 is 0 Å². The van der Waals surface area contributed by atoms with Crippen molar-refractivity contribution in [2.45, 2.75) is 39.7 Å². The van der Waals surface area contributed by atoms with Crippen molar-refractivity contribution < 1.29 is 13.2 Å². The fourth-order valence-corrected chi connectivity index (χ4v) is 3.97. The molecule has 146 valence electrons. The van der Waals surface area contributed by atoms with Gasteiger partial charge in [0.1, 0.15) is 0 Å². The minimum atomic E-state index is -3.41. The molecular formula is C21H28N2O3S. The Morgan fingerprint density at radius 3 is 2.30 bits per heavy atom. The number of sulfonamides is 1. The van der Waals surface area contributed by atoms with E-state index in [1.54, 1.807) is 6.07 Å². The van der Waals surface area contributed by atoms with E-state index in [-0.39, 0.29) is 24.9 Å². The minimum absolute atomic E-state index is 0.0821. The highest BCUT2D eigenvalue weighted by molar-refractivity contribution is 7.92. The van der Waals surface area contributed by atoms with Crippen LogP contribution in [0.4, 0.5) is 5.69 Å². The summed E-state index contributed by atoms with van der Waals surface area (Å²) in [5.74, 6) is -0.0821. The van der Waals surface area contributed by atoms with Crippen molar-refractivity contribution in [2.75, 3.05) is 17.1 Å². The van der Waals surface area contributed by atoms with Gasteiger partial charge in [-0.1, -0.05) is 48.0 Å². The summed E-state index contributed by atoms with van der Waals surface area (Å²) in [6.07, 6.45) is 1.92. The molecule has 0 spiro atoms. The van der Waals surface area contributed by atoms with E-state index in [4.69, 9.17) is 0 Å². The maximum absolute atomic E-state index is 12.2. The molecular weight excluding hydrogens is 360 g/mol. The first-order valence-electron chi connectivity index (χ1n) is 9.08. The van der Waals surface area contributed by atoms with Crippen molar-refractivity contribution in [1.29, 1.82) is 0 Å². The van der Waals surface area contributed by atoms with Gasteiger partial charge < -0.3 is 5.32 Å². The first-order valence-corrected chi connectivity index (χ1v) is 10.9. The summed E-state index contributed by atoms with van der Waals surface area (Å²) in [7, 11) is -3.41. The Balaban J connectivity index is 1.93. The van der Waals surface area contributed by atoms with Crippen molar-refractivity contribution in [3.8, 4) is 0 Å². The third-order valence-electron chi connectivity index (χ3n) is 4.50. The van der Waals surface area contributed by atoms with Gasteiger partial charge in [0.05, 0.1) is 18.0 Å². The number of nitrogens with one attached hydrogen (secondary N) is 1. The van der Waals surface area contributed by atoms with Gasteiger partial charge in [-0.3, -0.25) is 9.10 Å². The van der Waals surface area contributed by atoms with Crippen LogP contribution in [0.5, 0.6) is 0 Å². The summed E-state index contributed by atoms with van der Waals surface area (Å²) in [5, 5.41) is 2.97. The van der Waals surface area contributed by atoms with Crippen molar-refractivity contribution in [3.63, 3.8) is 0 Å². The zero-order valence-electron chi connectivity index (χ0n) is 16.4. The van der Waals surface area contributed by atoms with Gasteiger partial charge in [-0.15, -0.1) is 0 Å². The normalized spacial score (nSPS) is 12.4. The van der Waals surface area contributed by atoms with E-state index in [0.717, 1.165) is 11.1 Å². The summed E-state index contributed by atoms with van der Waals surface area (Å²) < 4.78 is 25.7. The van der Waals surface area contributed by atoms with Crippen LogP contribution in [-0.4, -0.2) is 27.1 Å². The molecule has 1 atom stereocenters. The number of nitrogens with zero attached hydrogens (tertiary/aromatic N) is 1. The third-order valence-corrected chi connectivity index (χ3v) is 5.68. The minimum Gasteiger partial charge on any atom is -0.350 e. The molecule has 1 N–H and O–H groups in total. The van der Waals surface area contributed by atoms with Crippen LogP contribution in [0.15, 0.2) is 48.5 Å². The number of carbonyl (C=O) groups excluding carboxylic acids is 1. The maximum atomic E-state index is 12.2. The molecule has 2 aromatic rings. The van der Waals surface area contributed by atoms with Crippen LogP contribution < -0.4 is 9.62 Å². The number of amides is 1. The van der Waals surface area contributed by atoms with Gasteiger partial charge in [0.25, 0.3) is 0 Å². The van der Waals surface area contributed by atoms with Crippen LogP contribution in [-0.2, 0) is 14.8 Å². The molecule has 0 radical (unpaired) electrons. The number of benzene rings is 2. The zero-order chi connectivity index (χ0) is 20.0. The monoisotopic (exact) mass is 388 g/mol. The van der Waals surface area contributed by atoms with Crippen molar-refractivity contribution >= 4 is 21.6 Å². The fraction of sp³-hybridized carbons (Fsp3) is 0.381. The maximum Gasteiger partial charge on any atom is 0.232 e. The van der Waals surface area contributed by atoms with E-state index < -0.39 is 10.0 Å². The third kappa shape index (κ3) is 6.10. The quantitative estimate of drug-likeness (QED) is 0.749. The molecule has 2 aromatic carbocycles. The molecule has 0 bridgehead atoms. The highest BCUT2D eigenvalue weighted by Gasteiger charge is 2.19. The van der Waals surface area contributed by atoms with E-state index in [1.807, 2.05) is 63.2 Å². The van der Waals surface area contributed by atoms with Crippen LogP contribution in [0, 0.1) is 13.8 Å². The molecule has 1 amide bonds. The molecule has 0 saturated heterocycles. The summed E-state index contributed by atoms with van der Waals surface area (Å²) in [4.78, 5) is 12.2. The molecule has 0 aliphatic carbocycles. The van der Waals surface area contributed by atoms with Crippen LogP contribution in [0.1, 0.15) is 42.5 Å². The Bertz CT molecular complexity index is 877. The summed E-state index contributed by atoms with van der Waals surface area (Å²) in [5.41, 5.74) is 3.77. The van der Waals surface area contributed by atoms with Crippen LogP contribution in [0.25, 0.3) is 0 Å². The first-order chi connectivity index (χ1) is 12.7. The average molecular weight is 389 g/mol. The van der Waals surface area contributed by atoms with Gasteiger partial charge in [-0.05, 0) is 44.4 Å². The lowest BCUT2D eigenvalue weighted by Crippen LogP contribution is -2.33. The second-order valence-corrected chi connectivity index (χ2v) is 8.83. The van der Waals surface area contributed by atoms with Gasteiger partial charge in [0, 0.05) is 13.0 Å². The average Bonchev–Trinajstić information content (AvgIpc) is 2.59. The highest BCUT2D eigenvalue weighted by Crippen LogP contribution is 2.22. The molecule has 0 aromatic heterocycles. The number of para-hydroxylation sites is 1. The molecule has 2 rings (SSSR count). The van der Waals surface area contributed by atoms with Gasteiger partial charge in [-0.2, -0.15) is 0 Å². The van der Waals surface area contributed by atoms with Crippen LogP contribution >= 0.6 is 0 Å². The predicted octanol–water partition coefficient (Wildman–Crippen LogP) is 3.73. The Kier molecular flexibility index (Phi) is 7.02. The molecule has 1 unspecified atom stereocenters. The number of hydrogen-bond acceptors (Lipinski definition) is 3. The Morgan fingerprint density at radius 2 is 1.70 bits per heavy atom. The lowest BCUT2D eigenvalue weighted by Gasteiger charge is -2.24.